The summed E-state index contributed by atoms with van der Waals surface area (Å²) in [6, 6.07) is 0. The van der Waals surface area contributed by atoms with E-state index in [0.717, 1.165) is 12.0 Å². The summed E-state index contributed by atoms with van der Waals surface area (Å²) in [5, 5.41) is 0. The zero-order chi connectivity index (χ0) is 21.3. The number of hydrogen-bond acceptors (Lipinski definition) is 9. The van der Waals surface area contributed by atoms with Crippen molar-refractivity contribution < 1.29 is 38.2 Å². The Bertz CT molecular complexity index is 615. The molecule has 0 saturated carbocycles. The first-order chi connectivity index (χ1) is 13.2. The fourth-order valence-electron chi connectivity index (χ4n) is 2.91. The van der Waals surface area contributed by atoms with E-state index >= 15 is 0 Å². The molecule has 0 aromatic heterocycles. The fourth-order valence-corrected chi connectivity index (χ4v) is 2.91. The molecule has 1 heterocycles. The van der Waals surface area contributed by atoms with Crippen LogP contribution in [0.25, 0.3) is 0 Å². The van der Waals surface area contributed by atoms with Crippen molar-refractivity contribution >= 4 is 17.9 Å². The van der Waals surface area contributed by atoms with Gasteiger partial charge in [0.25, 0.3) is 0 Å². The van der Waals surface area contributed by atoms with Gasteiger partial charge in [0.1, 0.15) is 12.7 Å². The number of hydrogen-bond donors (Lipinski definition) is 1. The van der Waals surface area contributed by atoms with Crippen molar-refractivity contribution in [2.45, 2.75) is 65.6 Å². The normalized spacial score (nSPS) is 28.1. The van der Waals surface area contributed by atoms with Gasteiger partial charge in [-0.3, -0.25) is 19.2 Å². The lowest BCUT2D eigenvalue weighted by molar-refractivity contribution is -0.285. The Morgan fingerprint density at radius 2 is 1.64 bits per heavy atom. The van der Waals surface area contributed by atoms with Gasteiger partial charge in [-0.05, 0) is 13.3 Å². The highest BCUT2D eigenvalue weighted by atomic mass is 16.8. The number of allylic oxidation sites excluding steroid dienone is 3. The molecule has 1 fully saturated rings. The summed E-state index contributed by atoms with van der Waals surface area (Å²) in [6.07, 6.45) is 2.40. The topological polar surface area (TPSA) is 123 Å². The molecule has 9 heteroatoms. The van der Waals surface area contributed by atoms with Crippen LogP contribution < -0.4 is 5.90 Å². The molecule has 9 nitrogen and oxygen atoms in total. The third-order valence-electron chi connectivity index (χ3n) is 4.19. The van der Waals surface area contributed by atoms with Crippen LogP contribution in [-0.4, -0.2) is 49.1 Å². The second-order valence-corrected chi connectivity index (χ2v) is 6.28. The van der Waals surface area contributed by atoms with Gasteiger partial charge in [0.05, 0.1) is 5.92 Å². The molecule has 5 atom stereocenters. The van der Waals surface area contributed by atoms with Gasteiger partial charge in [0.15, 0.2) is 18.5 Å². The van der Waals surface area contributed by atoms with Crippen LogP contribution >= 0.6 is 0 Å². The first-order valence-electron chi connectivity index (χ1n) is 9.05. The maximum atomic E-state index is 11.7. The van der Waals surface area contributed by atoms with E-state index in [9.17, 15) is 14.4 Å². The zero-order valence-corrected chi connectivity index (χ0v) is 16.9. The number of rotatable bonds is 8. The number of esters is 3. The van der Waals surface area contributed by atoms with E-state index in [1.54, 1.807) is 6.08 Å². The van der Waals surface area contributed by atoms with Crippen LogP contribution in [0.15, 0.2) is 23.8 Å². The number of carbonyl (C=O) groups excluding carboxylic acids is 3. The van der Waals surface area contributed by atoms with Crippen LogP contribution in [0.5, 0.6) is 0 Å². The van der Waals surface area contributed by atoms with Gasteiger partial charge in [0.2, 0.25) is 0 Å². The average Bonchev–Trinajstić information content (AvgIpc) is 2.62. The molecule has 0 radical (unpaired) electrons. The monoisotopic (exact) mass is 399 g/mol. The molecular weight excluding hydrogens is 370 g/mol. The highest BCUT2D eigenvalue weighted by Gasteiger charge is 2.49. The zero-order valence-electron chi connectivity index (χ0n) is 16.9. The summed E-state index contributed by atoms with van der Waals surface area (Å²) in [5.74, 6) is 3.02. The number of ether oxygens (including phenoxy) is 4. The summed E-state index contributed by atoms with van der Waals surface area (Å²) in [6.45, 7) is 7.37. The van der Waals surface area contributed by atoms with E-state index in [4.69, 9.17) is 29.7 Å². The minimum absolute atomic E-state index is 0.226. The summed E-state index contributed by atoms with van der Waals surface area (Å²) in [7, 11) is 0. The molecule has 158 valence electrons. The molecule has 0 aromatic rings. The van der Waals surface area contributed by atoms with E-state index in [2.05, 4.69) is 0 Å². The molecule has 3 unspecified atom stereocenters. The van der Waals surface area contributed by atoms with Crippen LogP contribution in [-0.2, 0) is 38.2 Å². The van der Waals surface area contributed by atoms with Crippen molar-refractivity contribution in [2.24, 2.45) is 11.8 Å². The Hall–Kier alpha value is -2.23. The smallest absolute Gasteiger partial charge is 0.303 e. The Morgan fingerprint density at radius 1 is 1.04 bits per heavy atom. The van der Waals surface area contributed by atoms with Crippen LogP contribution in [0, 0.1) is 5.92 Å². The van der Waals surface area contributed by atoms with Gasteiger partial charge in [-0.2, -0.15) is 0 Å². The van der Waals surface area contributed by atoms with Gasteiger partial charge in [-0.1, -0.05) is 30.7 Å². The van der Waals surface area contributed by atoms with Gasteiger partial charge in [-0.25, -0.2) is 5.90 Å². The first-order valence-corrected chi connectivity index (χ1v) is 9.05. The van der Waals surface area contributed by atoms with Crippen LogP contribution in [0.1, 0.15) is 41.0 Å². The second kappa shape index (κ2) is 11.6. The molecule has 1 rings (SSSR count). The maximum Gasteiger partial charge on any atom is 0.303 e. The lowest BCUT2D eigenvalue weighted by Crippen LogP contribution is -2.59. The molecule has 0 aliphatic carbocycles. The van der Waals surface area contributed by atoms with E-state index in [1.165, 1.54) is 20.8 Å². The van der Waals surface area contributed by atoms with Crippen LogP contribution in [0.3, 0.4) is 0 Å². The van der Waals surface area contributed by atoms with E-state index in [1.807, 2.05) is 26.0 Å². The van der Waals surface area contributed by atoms with E-state index in [-0.39, 0.29) is 6.61 Å². The van der Waals surface area contributed by atoms with Gasteiger partial charge < -0.3 is 18.9 Å². The fraction of sp³-hybridized carbons (Fsp3) is 0.632. The van der Waals surface area contributed by atoms with Crippen molar-refractivity contribution in [1.29, 1.82) is 0 Å². The molecule has 28 heavy (non-hydrogen) atoms. The standard InChI is InChI=1S/C19H29NO8/c1-6-14(7-2)8-9-15-17(25-12(4)22)18(26-13(5)23)16(10-24-11(3)21)27-19(15)28-20/h6,8-9,15-19H,7,10,20H2,1-5H3/b9-8?,14-6-/t15?,16?,17?,18-,19-/m0/s1. The highest BCUT2D eigenvalue weighted by molar-refractivity contribution is 5.68. The molecule has 0 amide bonds. The Morgan fingerprint density at radius 3 is 2.11 bits per heavy atom. The number of carbonyl (C=O) groups is 3. The van der Waals surface area contributed by atoms with Crippen molar-refractivity contribution in [2.75, 3.05) is 6.61 Å². The predicted octanol–water partition coefficient (Wildman–Crippen LogP) is 1.56. The van der Waals surface area contributed by atoms with Crippen LogP contribution in [0.2, 0.25) is 0 Å². The summed E-state index contributed by atoms with van der Waals surface area (Å²) in [4.78, 5) is 39.5. The molecule has 1 aliphatic heterocycles. The van der Waals surface area contributed by atoms with Gasteiger partial charge >= 0.3 is 17.9 Å². The molecule has 1 saturated heterocycles. The lowest BCUT2D eigenvalue weighted by Gasteiger charge is -2.43. The average molecular weight is 399 g/mol. The first kappa shape index (κ1) is 23.8. The maximum absolute atomic E-state index is 11.7. The van der Waals surface area contributed by atoms with E-state index in [0.29, 0.717) is 0 Å². The van der Waals surface area contributed by atoms with E-state index < -0.39 is 48.4 Å². The molecular formula is C19H29NO8. The molecule has 0 spiro atoms. The Kier molecular flexibility index (Phi) is 9.84. The Balaban J connectivity index is 3.28. The van der Waals surface area contributed by atoms with Crippen molar-refractivity contribution in [3.63, 3.8) is 0 Å². The number of nitrogens with two attached hydrogens (primary N) is 1. The van der Waals surface area contributed by atoms with Crippen molar-refractivity contribution in [1.82, 2.24) is 0 Å². The quantitative estimate of drug-likeness (QED) is 0.280. The third kappa shape index (κ3) is 7.06. The largest absolute Gasteiger partial charge is 0.463 e. The van der Waals surface area contributed by atoms with Gasteiger partial charge in [-0.15, -0.1) is 0 Å². The van der Waals surface area contributed by atoms with Gasteiger partial charge in [0, 0.05) is 20.8 Å². The van der Waals surface area contributed by atoms with Crippen molar-refractivity contribution in [3.8, 4) is 0 Å². The third-order valence-corrected chi connectivity index (χ3v) is 4.19. The molecule has 1 aliphatic rings. The minimum Gasteiger partial charge on any atom is -0.463 e. The minimum atomic E-state index is -1.02. The predicted molar refractivity (Wildman–Crippen MR) is 98.4 cm³/mol. The lowest BCUT2D eigenvalue weighted by atomic mass is 9.89. The van der Waals surface area contributed by atoms with Crippen molar-refractivity contribution in [3.05, 3.63) is 23.8 Å². The molecule has 0 bridgehead atoms. The van der Waals surface area contributed by atoms with Crippen LogP contribution in [0.4, 0.5) is 0 Å². The molecule has 0 aromatic carbocycles. The summed E-state index contributed by atoms with van der Waals surface area (Å²) < 4.78 is 21.5. The summed E-state index contributed by atoms with van der Waals surface area (Å²) >= 11 is 0. The summed E-state index contributed by atoms with van der Waals surface area (Å²) in [5.41, 5.74) is 1.03. The Labute approximate surface area is 164 Å². The molecule has 2 N–H and O–H groups in total. The highest BCUT2D eigenvalue weighted by Crippen LogP contribution is 2.32. The second-order valence-electron chi connectivity index (χ2n) is 6.28. The SMILES string of the molecule is C/C=C(\C=CC1C(OC(C)=O)[C@@H](OC(C)=O)C(COC(C)=O)O[C@H]1ON)CC.